The van der Waals surface area contributed by atoms with Gasteiger partial charge >= 0.3 is 0 Å². The molecule has 0 aliphatic rings. The van der Waals surface area contributed by atoms with Gasteiger partial charge in [-0.15, -0.1) is 0 Å². The monoisotopic (exact) mass is 370 g/mol. The fraction of sp³-hybridized carbons (Fsp3) is 0.154. The van der Waals surface area contributed by atoms with Crippen molar-refractivity contribution in [3.8, 4) is 5.88 Å². The number of anilines is 1. The smallest absolute Gasteiger partial charge is 0.213 e. The molecule has 1 aromatic heterocycles. The van der Waals surface area contributed by atoms with E-state index in [2.05, 4.69) is 42.2 Å². The van der Waals surface area contributed by atoms with Gasteiger partial charge in [0.1, 0.15) is 0 Å². The Bertz CT molecular complexity index is 526. The highest BCUT2D eigenvalue weighted by Gasteiger charge is 2.04. The summed E-state index contributed by atoms with van der Waals surface area (Å²) in [7, 11) is 1.61. The van der Waals surface area contributed by atoms with Crippen LogP contribution >= 0.6 is 31.9 Å². The summed E-state index contributed by atoms with van der Waals surface area (Å²) in [6, 6.07) is 11.7. The van der Waals surface area contributed by atoms with Gasteiger partial charge in [-0.25, -0.2) is 4.98 Å². The van der Waals surface area contributed by atoms with Gasteiger partial charge in [-0.2, -0.15) is 0 Å². The van der Waals surface area contributed by atoms with Gasteiger partial charge < -0.3 is 10.1 Å². The van der Waals surface area contributed by atoms with E-state index in [1.54, 1.807) is 7.11 Å². The molecule has 0 aliphatic heterocycles. The molecule has 0 saturated heterocycles. The van der Waals surface area contributed by atoms with Gasteiger partial charge in [-0.05, 0) is 50.1 Å². The second kappa shape index (κ2) is 6.20. The average molecular weight is 372 g/mol. The lowest BCUT2D eigenvalue weighted by molar-refractivity contribution is 0.396. The van der Waals surface area contributed by atoms with Crippen LogP contribution in [0.25, 0.3) is 0 Å². The van der Waals surface area contributed by atoms with Crippen LogP contribution in [-0.4, -0.2) is 12.1 Å². The number of benzene rings is 1. The standard InChI is InChI=1S/C13H12Br2N2O/c1-18-12-7-2-4-9(17-12)8-16-13-10(14)5-3-6-11(13)15/h2-7,16H,8H2,1H3. The van der Waals surface area contributed by atoms with Crippen LogP contribution in [0, 0.1) is 0 Å². The molecular formula is C13H12Br2N2O. The van der Waals surface area contributed by atoms with Crippen molar-refractivity contribution in [3.63, 3.8) is 0 Å². The maximum absolute atomic E-state index is 5.10. The number of methoxy groups -OCH3 is 1. The molecule has 0 amide bonds. The maximum atomic E-state index is 5.10. The van der Waals surface area contributed by atoms with Crippen LogP contribution in [0.5, 0.6) is 5.88 Å². The number of aromatic nitrogens is 1. The molecule has 0 aliphatic carbocycles. The summed E-state index contributed by atoms with van der Waals surface area (Å²) in [5.41, 5.74) is 1.94. The van der Waals surface area contributed by atoms with Crippen molar-refractivity contribution in [2.45, 2.75) is 6.54 Å². The van der Waals surface area contributed by atoms with Crippen molar-refractivity contribution in [1.29, 1.82) is 0 Å². The van der Waals surface area contributed by atoms with Crippen LogP contribution in [0.3, 0.4) is 0 Å². The number of nitrogens with zero attached hydrogens (tertiary/aromatic N) is 1. The first kappa shape index (κ1) is 13.4. The highest BCUT2D eigenvalue weighted by Crippen LogP contribution is 2.30. The van der Waals surface area contributed by atoms with Crippen molar-refractivity contribution in [2.24, 2.45) is 0 Å². The van der Waals surface area contributed by atoms with Crippen LogP contribution in [0.1, 0.15) is 5.69 Å². The van der Waals surface area contributed by atoms with E-state index in [1.807, 2.05) is 36.4 Å². The van der Waals surface area contributed by atoms with Gasteiger partial charge in [0.05, 0.1) is 25.0 Å². The third kappa shape index (κ3) is 3.23. The van der Waals surface area contributed by atoms with Crippen molar-refractivity contribution >= 4 is 37.5 Å². The number of para-hydroxylation sites is 1. The first-order chi connectivity index (χ1) is 8.70. The Morgan fingerprint density at radius 1 is 1.11 bits per heavy atom. The average Bonchev–Trinajstić information content (AvgIpc) is 2.38. The van der Waals surface area contributed by atoms with Crippen LogP contribution in [0.15, 0.2) is 45.3 Å². The SMILES string of the molecule is COc1cccc(CNc2c(Br)cccc2Br)n1. The molecule has 1 aromatic carbocycles. The lowest BCUT2D eigenvalue weighted by Crippen LogP contribution is -2.03. The maximum Gasteiger partial charge on any atom is 0.213 e. The van der Waals surface area contributed by atoms with Gasteiger partial charge in [0.2, 0.25) is 5.88 Å². The van der Waals surface area contributed by atoms with Crippen LogP contribution in [-0.2, 0) is 6.54 Å². The molecule has 0 bridgehead atoms. The van der Waals surface area contributed by atoms with Crippen molar-refractivity contribution in [2.75, 3.05) is 12.4 Å². The number of halogens is 2. The second-order valence-electron chi connectivity index (χ2n) is 3.62. The fourth-order valence-electron chi connectivity index (χ4n) is 1.52. The first-order valence-electron chi connectivity index (χ1n) is 5.38. The van der Waals surface area contributed by atoms with Crippen LogP contribution < -0.4 is 10.1 Å². The van der Waals surface area contributed by atoms with E-state index in [4.69, 9.17) is 4.74 Å². The van der Waals surface area contributed by atoms with E-state index in [1.165, 1.54) is 0 Å². The molecule has 94 valence electrons. The van der Waals surface area contributed by atoms with Crippen molar-refractivity contribution < 1.29 is 4.74 Å². The number of ether oxygens (including phenoxy) is 1. The van der Waals surface area contributed by atoms with E-state index < -0.39 is 0 Å². The van der Waals surface area contributed by atoms with E-state index >= 15 is 0 Å². The third-order valence-electron chi connectivity index (χ3n) is 2.40. The fourth-order valence-corrected chi connectivity index (χ4v) is 2.79. The van der Waals surface area contributed by atoms with Gasteiger partial charge in [0.25, 0.3) is 0 Å². The minimum atomic E-state index is 0.625. The summed E-state index contributed by atoms with van der Waals surface area (Å²) in [4.78, 5) is 4.35. The summed E-state index contributed by atoms with van der Waals surface area (Å²) in [6.45, 7) is 0.637. The number of nitrogens with one attached hydrogen (secondary N) is 1. The molecule has 1 N–H and O–H groups in total. The summed E-state index contributed by atoms with van der Waals surface area (Å²) in [5.74, 6) is 0.625. The quantitative estimate of drug-likeness (QED) is 0.873. The minimum absolute atomic E-state index is 0.625. The number of hydrogen-bond acceptors (Lipinski definition) is 3. The molecule has 18 heavy (non-hydrogen) atoms. The van der Waals surface area contributed by atoms with E-state index in [0.29, 0.717) is 12.4 Å². The third-order valence-corrected chi connectivity index (χ3v) is 3.72. The second-order valence-corrected chi connectivity index (χ2v) is 5.33. The van der Waals surface area contributed by atoms with Gasteiger partial charge in [-0.1, -0.05) is 12.1 Å². The molecule has 1 heterocycles. The molecule has 3 nitrogen and oxygen atoms in total. The lowest BCUT2D eigenvalue weighted by atomic mass is 10.3. The Morgan fingerprint density at radius 2 is 1.78 bits per heavy atom. The molecule has 0 atom stereocenters. The van der Waals surface area contributed by atoms with E-state index in [-0.39, 0.29) is 0 Å². The van der Waals surface area contributed by atoms with Gasteiger partial charge in [0.15, 0.2) is 0 Å². The summed E-state index contributed by atoms with van der Waals surface area (Å²) >= 11 is 7.02. The number of rotatable bonds is 4. The Balaban J connectivity index is 2.11. The summed E-state index contributed by atoms with van der Waals surface area (Å²) < 4.78 is 7.12. The topological polar surface area (TPSA) is 34.1 Å². The molecule has 2 rings (SSSR count). The van der Waals surface area contributed by atoms with Crippen LogP contribution in [0.4, 0.5) is 5.69 Å². The Hall–Kier alpha value is -1.07. The molecule has 0 spiro atoms. The van der Waals surface area contributed by atoms with E-state index in [0.717, 1.165) is 20.3 Å². The predicted octanol–water partition coefficient (Wildman–Crippen LogP) is 4.23. The highest BCUT2D eigenvalue weighted by atomic mass is 79.9. The molecule has 0 radical (unpaired) electrons. The van der Waals surface area contributed by atoms with E-state index in [9.17, 15) is 0 Å². The highest BCUT2D eigenvalue weighted by molar-refractivity contribution is 9.11. The molecule has 0 fully saturated rings. The Labute approximate surface area is 123 Å². The minimum Gasteiger partial charge on any atom is -0.481 e. The van der Waals surface area contributed by atoms with Crippen molar-refractivity contribution in [1.82, 2.24) is 4.98 Å². The predicted molar refractivity (Wildman–Crippen MR) is 80.0 cm³/mol. The zero-order valence-corrected chi connectivity index (χ0v) is 13.0. The van der Waals surface area contributed by atoms with Gasteiger partial charge in [0, 0.05) is 15.0 Å². The zero-order chi connectivity index (χ0) is 13.0. The first-order valence-corrected chi connectivity index (χ1v) is 6.97. The molecular weight excluding hydrogens is 360 g/mol. The zero-order valence-electron chi connectivity index (χ0n) is 9.78. The molecule has 0 unspecified atom stereocenters. The number of hydrogen-bond donors (Lipinski definition) is 1. The normalized spacial score (nSPS) is 10.2. The Kier molecular flexibility index (Phi) is 4.60. The van der Waals surface area contributed by atoms with Crippen molar-refractivity contribution in [3.05, 3.63) is 51.0 Å². The molecule has 5 heteroatoms. The van der Waals surface area contributed by atoms with Gasteiger partial charge in [-0.3, -0.25) is 0 Å². The number of pyridine rings is 1. The molecule has 2 aromatic rings. The Morgan fingerprint density at radius 3 is 2.44 bits per heavy atom. The summed E-state index contributed by atoms with van der Waals surface area (Å²) in [6.07, 6.45) is 0. The molecule has 0 saturated carbocycles. The summed E-state index contributed by atoms with van der Waals surface area (Å²) in [5, 5.41) is 3.34. The largest absolute Gasteiger partial charge is 0.481 e. The van der Waals surface area contributed by atoms with Crippen LogP contribution in [0.2, 0.25) is 0 Å². The lowest BCUT2D eigenvalue weighted by Gasteiger charge is -2.10.